The number of nitrogens with two attached hydrogens (primary N) is 1. The quantitative estimate of drug-likeness (QED) is 0.777. The number of carbonyl (C=O) groups excluding carboxylic acids is 1. The SMILES string of the molecule is NC(=O)c1ccc(N2CCN(c3nc4ncccc4s3)CC2)nc1. The van der Waals surface area contributed by atoms with Crippen molar-refractivity contribution < 1.29 is 4.79 Å². The smallest absolute Gasteiger partial charge is 0.250 e. The van der Waals surface area contributed by atoms with Crippen LogP contribution in [0.5, 0.6) is 0 Å². The Morgan fingerprint density at radius 1 is 1.08 bits per heavy atom. The standard InChI is InChI=1S/C16H16N6OS/c17-14(23)11-3-4-13(19-10-11)21-6-8-22(9-7-21)16-20-15-12(24-16)2-1-5-18-15/h1-5,10H,6-9H2,(H2,17,23). The van der Waals surface area contributed by atoms with Gasteiger partial charge in [-0.1, -0.05) is 11.3 Å². The summed E-state index contributed by atoms with van der Waals surface area (Å²) in [5.74, 6) is 0.411. The van der Waals surface area contributed by atoms with Crippen LogP contribution in [0.25, 0.3) is 10.3 Å². The maximum absolute atomic E-state index is 11.1. The third-order valence-electron chi connectivity index (χ3n) is 4.06. The normalized spacial score (nSPS) is 15.0. The fraction of sp³-hybridized carbons (Fsp3) is 0.250. The zero-order valence-corrected chi connectivity index (χ0v) is 13.7. The lowest BCUT2D eigenvalue weighted by molar-refractivity contribution is 0.1000. The van der Waals surface area contributed by atoms with Crippen molar-refractivity contribution in [3.8, 4) is 0 Å². The van der Waals surface area contributed by atoms with Gasteiger partial charge in [0.15, 0.2) is 10.8 Å². The van der Waals surface area contributed by atoms with Gasteiger partial charge >= 0.3 is 0 Å². The van der Waals surface area contributed by atoms with E-state index in [9.17, 15) is 4.79 Å². The molecule has 24 heavy (non-hydrogen) atoms. The third kappa shape index (κ3) is 2.76. The van der Waals surface area contributed by atoms with Crippen molar-refractivity contribution in [1.29, 1.82) is 0 Å². The predicted molar refractivity (Wildman–Crippen MR) is 94.6 cm³/mol. The summed E-state index contributed by atoms with van der Waals surface area (Å²) in [6, 6.07) is 7.54. The first-order valence-corrected chi connectivity index (χ1v) is 8.50. The van der Waals surface area contributed by atoms with E-state index < -0.39 is 5.91 Å². The van der Waals surface area contributed by atoms with Crippen molar-refractivity contribution >= 4 is 38.5 Å². The summed E-state index contributed by atoms with van der Waals surface area (Å²) in [5, 5.41) is 1.01. The van der Waals surface area contributed by atoms with Crippen LogP contribution in [-0.4, -0.2) is 47.0 Å². The lowest BCUT2D eigenvalue weighted by Gasteiger charge is -2.35. The predicted octanol–water partition coefficient (Wildman–Crippen LogP) is 1.51. The highest BCUT2D eigenvalue weighted by molar-refractivity contribution is 7.22. The number of carbonyl (C=O) groups is 1. The summed E-state index contributed by atoms with van der Waals surface area (Å²) in [4.78, 5) is 28.8. The number of pyridine rings is 2. The average molecular weight is 340 g/mol. The number of thiazole rings is 1. The first kappa shape index (κ1) is 14.8. The van der Waals surface area contributed by atoms with Crippen LogP contribution >= 0.6 is 11.3 Å². The molecule has 2 N–H and O–H groups in total. The Labute approximate surface area is 142 Å². The lowest BCUT2D eigenvalue weighted by atomic mass is 10.2. The molecule has 3 aromatic rings. The van der Waals surface area contributed by atoms with E-state index >= 15 is 0 Å². The first-order valence-electron chi connectivity index (χ1n) is 7.68. The van der Waals surface area contributed by atoms with Gasteiger partial charge in [0.05, 0.1) is 10.3 Å². The van der Waals surface area contributed by atoms with Crippen LogP contribution in [0.3, 0.4) is 0 Å². The van der Waals surface area contributed by atoms with Crippen LogP contribution < -0.4 is 15.5 Å². The molecule has 0 spiro atoms. The molecule has 122 valence electrons. The number of hydrogen-bond acceptors (Lipinski definition) is 7. The molecular formula is C16H16N6OS. The van der Waals surface area contributed by atoms with E-state index in [-0.39, 0.29) is 0 Å². The van der Waals surface area contributed by atoms with Gasteiger partial charge in [-0.05, 0) is 24.3 Å². The van der Waals surface area contributed by atoms with Crippen LogP contribution in [-0.2, 0) is 0 Å². The van der Waals surface area contributed by atoms with E-state index in [1.807, 2.05) is 18.2 Å². The molecule has 0 aliphatic carbocycles. The average Bonchev–Trinajstić information content (AvgIpc) is 3.06. The number of primary amides is 1. The highest BCUT2D eigenvalue weighted by Gasteiger charge is 2.21. The van der Waals surface area contributed by atoms with E-state index in [0.29, 0.717) is 5.56 Å². The molecule has 4 heterocycles. The zero-order valence-electron chi connectivity index (χ0n) is 12.9. The van der Waals surface area contributed by atoms with E-state index in [1.54, 1.807) is 23.6 Å². The summed E-state index contributed by atoms with van der Waals surface area (Å²) in [6.07, 6.45) is 3.30. The number of fused-ring (bicyclic) bond motifs is 1. The van der Waals surface area contributed by atoms with Crippen molar-refractivity contribution in [3.63, 3.8) is 0 Å². The van der Waals surface area contributed by atoms with Crippen molar-refractivity contribution in [1.82, 2.24) is 15.0 Å². The first-order chi connectivity index (χ1) is 11.7. The number of aromatic nitrogens is 3. The van der Waals surface area contributed by atoms with Crippen LogP contribution in [0.1, 0.15) is 10.4 Å². The molecule has 0 aromatic carbocycles. The van der Waals surface area contributed by atoms with Crippen LogP contribution in [0, 0.1) is 0 Å². The topological polar surface area (TPSA) is 88.2 Å². The second-order valence-corrected chi connectivity index (χ2v) is 6.57. The molecule has 1 aliphatic heterocycles. The second-order valence-electron chi connectivity index (χ2n) is 5.57. The van der Waals surface area contributed by atoms with Gasteiger partial charge in [0.25, 0.3) is 0 Å². The Balaban J connectivity index is 1.45. The van der Waals surface area contributed by atoms with Crippen LogP contribution in [0.2, 0.25) is 0 Å². The van der Waals surface area contributed by atoms with Gasteiger partial charge in [0.2, 0.25) is 5.91 Å². The van der Waals surface area contributed by atoms with Gasteiger partial charge in [0.1, 0.15) is 5.82 Å². The monoisotopic (exact) mass is 340 g/mol. The highest BCUT2D eigenvalue weighted by Crippen LogP contribution is 2.28. The van der Waals surface area contributed by atoms with Crippen LogP contribution in [0.4, 0.5) is 10.9 Å². The molecule has 1 aliphatic rings. The van der Waals surface area contributed by atoms with E-state index in [1.165, 1.54) is 6.20 Å². The van der Waals surface area contributed by atoms with Gasteiger partial charge < -0.3 is 15.5 Å². The summed E-state index contributed by atoms with van der Waals surface area (Å²) in [5.41, 5.74) is 6.49. The van der Waals surface area contributed by atoms with Crippen LogP contribution in [0.15, 0.2) is 36.7 Å². The van der Waals surface area contributed by atoms with Gasteiger partial charge in [-0.25, -0.2) is 9.97 Å². The van der Waals surface area contributed by atoms with Gasteiger partial charge in [-0.15, -0.1) is 0 Å². The van der Waals surface area contributed by atoms with Crippen molar-refractivity contribution in [2.75, 3.05) is 36.0 Å². The summed E-state index contributed by atoms with van der Waals surface area (Å²) < 4.78 is 1.11. The molecule has 0 bridgehead atoms. The molecule has 0 saturated carbocycles. The maximum atomic E-state index is 11.1. The van der Waals surface area contributed by atoms with Gasteiger partial charge in [-0.3, -0.25) is 4.79 Å². The highest BCUT2D eigenvalue weighted by atomic mass is 32.1. The minimum atomic E-state index is -0.455. The molecule has 1 saturated heterocycles. The van der Waals surface area contributed by atoms with E-state index in [0.717, 1.165) is 47.5 Å². The van der Waals surface area contributed by atoms with E-state index in [4.69, 9.17) is 5.73 Å². The van der Waals surface area contributed by atoms with Crippen molar-refractivity contribution in [2.45, 2.75) is 0 Å². The zero-order chi connectivity index (χ0) is 16.5. The maximum Gasteiger partial charge on any atom is 0.250 e. The fourth-order valence-electron chi connectivity index (χ4n) is 2.74. The molecule has 0 unspecified atom stereocenters. The third-order valence-corrected chi connectivity index (χ3v) is 5.13. The van der Waals surface area contributed by atoms with Crippen molar-refractivity contribution in [2.24, 2.45) is 5.73 Å². The Morgan fingerprint density at radius 2 is 1.88 bits per heavy atom. The largest absolute Gasteiger partial charge is 0.366 e. The minimum absolute atomic E-state index is 0.430. The Kier molecular flexibility index (Phi) is 3.73. The fourth-order valence-corrected chi connectivity index (χ4v) is 3.72. The molecular weight excluding hydrogens is 324 g/mol. The Bertz CT molecular complexity index is 837. The number of rotatable bonds is 3. The molecule has 3 aromatic heterocycles. The molecule has 1 amide bonds. The Hall–Kier alpha value is -2.74. The Morgan fingerprint density at radius 3 is 2.54 bits per heavy atom. The van der Waals surface area contributed by atoms with Crippen molar-refractivity contribution in [3.05, 3.63) is 42.2 Å². The van der Waals surface area contributed by atoms with E-state index in [2.05, 4.69) is 24.8 Å². The number of amides is 1. The molecule has 1 fully saturated rings. The lowest BCUT2D eigenvalue weighted by Crippen LogP contribution is -2.46. The summed E-state index contributed by atoms with van der Waals surface area (Å²) in [7, 11) is 0. The molecule has 4 rings (SSSR count). The second kappa shape index (κ2) is 6.04. The number of piperazine rings is 1. The molecule has 8 heteroatoms. The number of hydrogen-bond donors (Lipinski definition) is 1. The molecule has 0 atom stereocenters. The minimum Gasteiger partial charge on any atom is -0.366 e. The number of nitrogens with zero attached hydrogens (tertiary/aromatic N) is 5. The number of anilines is 2. The molecule has 7 nitrogen and oxygen atoms in total. The summed E-state index contributed by atoms with van der Waals surface area (Å²) in [6.45, 7) is 3.46. The molecule has 0 radical (unpaired) electrons. The summed E-state index contributed by atoms with van der Waals surface area (Å²) >= 11 is 1.67. The van der Waals surface area contributed by atoms with Gasteiger partial charge in [-0.2, -0.15) is 4.98 Å². The van der Waals surface area contributed by atoms with Gasteiger partial charge in [0, 0.05) is 38.6 Å².